The molecule has 110 valence electrons. The van der Waals surface area contributed by atoms with Gasteiger partial charge in [0.15, 0.2) is 0 Å². The Hall–Kier alpha value is -1.46. The van der Waals surface area contributed by atoms with Gasteiger partial charge in [0.2, 0.25) is 5.91 Å². The van der Waals surface area contributed by atoms with Gasteiger partial charge in [-0.25, -0.2) is 0 Å². The number of carbonyl (C=O) groups is 1. The van der Waals surface area contributed by atoms with E-state index in [0.29, 0.717) is 36.0 Å². The van der Waals surface area contributed by atoms with Gasteiger partial charge in [-0.1, -0.05) is 38.2 Å². The largest absolute Gasteiger partial charge is 0.389 e. The maximum absolute atomic E-state index is 11.8. The summed E-state index contributed by atoms with van der Waals surface area (Å²) in [6.07, 6.45) is 1.16. The first-order chi connectivity index (χ1) is 9.49. The van der Waals surface area contributed by atoms with Crippen molar-refractivity contribution in [3.8, 4) is 0 Å². The molecule has 1 aromatic rings. The average Bonchev–Trinajstić information content (AvgIpc) is 2.38. The van der Waals surface area contributed by atoms with Gasteiger partial charge in [-0.15, -0.1) is 0 Å². The first kappa shape index (κ1) is 16.6. The Labute approximate surface area is 125 Å². The number of nitrogens with one attached hydrogen (secondary N) is 1. The topological polar surface area (TPSA) is 64.3 Å². The van der Waals surface area contributed by atoms with Crippen LogP contribution in [0.5, 0.6) is 0 Å². The lowest BCUT2D eigenvalue weighted by molar-refractivity contribution is -0.116. The third-order valence-corrected chi connectivity index (χ3v) is 2.81. The summed E-state index contributed by atoms with van der Waals surface area (Å²) in [7, 11) is 0. The molecule has 0 bridgehead atoms. The molecule has 4 nitrogen and oxygen atoms in total. The Morgan fingerprint density at radius 1 is 1.45 bits per heavy atom. The van der Waals surface area contributed by atoms with E-state index >= 15 is 0 Å². The van der Waals surface area contributed by atoms with Crippen LogP contribution in [-0.4, -0.2) is 24.1 Å². The zero-order chi connectivity index (χ0) is 15.0. The summed E-state index contributed by atoms with van der Waals surface area (Å²) < 4.78 is 5.43. The minimum atomic E-state index is -0.0294. The second kappa shape index (κ2) is 8.66. The molecular weight excluding hydrogens is 272 g/mol. The van der Waals surface area contributed by atoms with E-state index in [2.05, 4.69) is 19.2 Å². The molecule has 0 aliphatic rings. The lowest BCUT2D eigenvalue weighted by atomic mass is 10.2. The molecule has 0 atom stereocenters. The average molecular weight is 294 g/mol. The second-order valence-corrected chi connectivity index (χ2v) is 5.51. The molecule has 0 saturated heterocycles. The molecule has 0 spiro atoms. The normalized spacial score (nSPS) is 10.6. The van der Waals surface area contributed by atoms with E-state index in [1.54, 1.807) is 6.07 Å². The molecule has 3 N–H and O–H groups in total. The number of carbonyl (C=O) groups excluding carboxylic acids is 1. The first-order valence-electron chi connectivity index (χ1n) is 6.76. The predicted molar refractivity (Wildman–Crippen MR) is 85.9 cm³/mol. The molecule has 0 aliphatic heterocycles. The van der Waals surface area contributed by atoms with Gasteiger partial charge < -0.3 is 15.8 Å². The number of hydrogen-bond donors (Lipinski definition) is 2. The summed E-state index contributed by atoms with van der Waals surface area (Å²) in [6.45, 7) is 5.54. The van der Waals surface area contributed by atoms with Crippen molar-refractivity contribution in [3.05, 3.63) is 29.8 Å². The van der Waals surface area contributed by atoms with Crippen molar-refractivity contribution in [3.63, 3.8) is 0 Å². The molecule has 0 radical (unpaired) electrons. The zero-order valence-corrected chi connectivity index (χ0v) is 12.8. The summed E-state index contributed by atoms with van der Waals surface area (Å²) in [5, 5.41) is 2.83. The Morgan fingerprint density at radius 2 is 2.20 bits per heavy atom. The van der Waals surface area contributed by atoms with Crippen LogP contribution in [0.3, 0.4) is 0 Å². The van der Waals surface area contributed by atoms with Crippen molar-refractivity contribution in [1.82, 2.24) is 0 Å². The summed E-state index contributed by atoms with van der Waals surface area (Å²) >= 11 is 4.90. The molecule has 1 amide bonds. The highest BCUT2D eigenvalue weighted by Gasteiger charge is 2.04. The maximum Gasteiger partial charge on any atom is 0.224 e. The van der Waals surface area contributed by atoms with Crippen LogP contribution in [0.2, 0.25) is 0 Å². The lowest BCUT2D eigenvalue weighted by Crippen LogP contribution is -2.14. The number of benzene rings is 1. The van der Waals surface area contributed by atoms with Crippen LogP contribution in [0.4, 0.5) is 5.69 Å². The molecule has 0 heterocycles. The van der Waals surface area contributed by atoms with Crippen molar-refractivity contribution in [1.29, 1.82) is 0 Å². The van der Waals surface area contributed by atoms with Gasteiger partial charge in [0, 0.05) is 30.9 Å². The SMILES string of the molecule is CC(C)COCCCC(=O)Nc1cccc(C(N)=S)c1. The van der Waals surface area contributed by atoms with Crippen molar-refractivity contribution < 1.29 is 9.53 Å². The molecule has 1 aromatic carbocycles. The maximum atomic E-state index is 11.8. The minimum Gasteiger partial charge on any atom is -0.389 e. The van der Waals surface area contributed by atoms with E-state index in [1.807, 2.05) is 18.2 Å². The van der Waals surface area contributed by atoms with Crippen LogP contribution >= 0.6 is 12.2 Å². The van der Waals surface area contributed by atoms with Gasteiger partial charge >= 0.3 is 0 Å². The molecule has 0 saturated carbocycles. The number of nitrogens with two attached hydrogens (primary N) is 1. The van der Waals surface area contributed by atoms with Gasteiger partial charge in [-0.3, -0.25) is 4.79 Å². The van der Waals surface area contributed by atoms with Crippen molar-refractivity contribution in [2.45, 2.75) is 26.7 Å². The molecule has 1 rings (SSSR count). The summed E-state index contributed by atoms with van der Waals surface area (Å²) in [5.74, 6) is 0.491. The highest BCUT2D eigenvalue weighted by Crippen LogP contribution is 2.11. The first-order valence-corrected chi connectivity index (χ1v) is 7.17. The van der Waals surface area contributed by atoms with E-state index in [4.69, 9.17) is 22.7 Å². The van der Waals surface area contributed by atoms with Gasteiger partial charge in [-0.2, -0.15) is 0 Å². The molecular formula is C15H22N2O2S. The molecule has 0 unspecified atom stereocenters. The molecule has 0 fully saturated rings. The lowest BCUT2D eigenvalue weighted by Gasteiger charge is -2.08. The van der Waals surface area contributed by atoms with E-state index in [0.717, 1.165) is 12.2 Å². The third kappa shape index (κ3) is 6.63. The fourth-order valence-corrected chi connectivity index (χ4v) is 1.75. The highest BCUT2D eigenvalue weighted by atomic mass is 32.1. The quantitative estimate of drug-likeness (QED) is 0.571. The number of rotatable bonds is 8. The fourth-order valence-electron chi connectivity index (χ4n) is 1.63. The Kier molecular flexibility index (Phi) is 7.18. The van der Waals surface area contributed by atoms with E-state index in [9.17, 15) is 4.79 Å². The molecule has 0 aromatic heterocycles. The number of hydrogen-bond acceptors (Lipinski definition) is 3. The number of ether oxygens (including phenoxy) is 1. The summed E-state index contributed by atoms with van der Waals surface area (Å²) in [6, 6.07) is 7.22. The standard InChI is InChI=1S/C15H22N2O2S/c1-11(2)10-19-8-4-7-14(18)17-13-6-3-5-12(9-13)15(16)20/h3,5-6,9,11H,4,7-8,10H2,1-2H3,(H2,16,20)(H,17,18). The van der Waals surface area contributed by atoms with Crippen LogP contribution < -0.4 is 11.1 Å². The Bertz CT molecular complexity index is 461. The van der Waals surface area contributed by atoms with E-state index in [1.165, 1.54) is 0 Å². The highest BCUT2D eigenvalue weighted by molar-refractivity contribution is 7.80. The monoisotopic (exact) mass is 294 g/mol. The second-order valence-electron chi connectivity index (χ2n) is 5.07. The van der Waals surface area contributed by atoms with Gasteiger partial charge in [-0.05, 0) is 24.5 Å². The van der Waals surface area contributed by atoms with Gasteiger partial charge in [0.05, 0.1) is 0 Å². The van der Waals surface area contributed by atoms with Crippen molar-refractivity contribution in [2.75, 3.05) is 18.5 Å². The van der Waals surface area contributed by atoms with E-state index < -0.39 is 0 Å². The van der Waals surface area contributed by atoms with Crippen molar-refractivity contribution >= 4 is 28.8 Å². The molecule has 5 heteroatoms. The smallest absolute Gasteiger partial charge is 0.224 e. The van der Waals surface area contributed by atoms with Gasteiger partial charge in [0.25, 0.3) is 0 Å². The molecule has 20 heavy (non-hydrogen) atoms. The summed E-state index contributed by atoms with van der Waals surface area (Å²) in [5.41, 5.74) is 7.01. The Balaban J connectivity index is 2.32. The third-order valence-electron chi connectivity index (χ3n) is 2.57. The fraction of sp³-hybridized carbons (Fsp3) is 0.467. The Morgan fingerprint density at radius 3 is 2.85 bits per heavy atom. The number of amides is 1. The minimum absolute atomic E-state index is 0.0294. The van der Waals surface area contributed by atoms with Crippen molar-refractivity contribution in [2.24, 2.45) is 11.7 Å². The van der Waals surface area contributed by atoms with Crippen LogP contribution in [0.1, 0.15) is 32.3 Å². The summed E-state index contributed by atoms with van der Waals surface area (Å²) in [4.78, 5) is 12.1. The van der Waals surface area contributed by atoms with Crippen LogP contribution in [0.15, 0.2) is 24.3 Å². The predicted octanol–water partition coefficient (Wildman–Crippen LogP) is 2.71. The number of thiocarbonyl (C=S) groups is 1. The van der Waals surface area contributed by atoms with Crippen LogP contribution in [0, 0.1) is 5.92 Å². The van der Waals surface area contributed by atoms with Gasteiger partial charge in [0.1, 0.15) is 4.99 Å². The van der Waals surface area contributed by atoms with E-state index in [-0.39, 0.29) is 5.91 Å². The van der Waals surface area contributed by atoms with Crippen LogP contribution in [-0.2, 0) is 9.53 Å². The molecule has 0 aliphatic carbocycles. The number of anilines is 1. The van der Waals surface area contributed by atoms with Crippen LogP contribution in [0.25, 0.3) is 0 Å². The zero-order valence-electron chi connectivity index (χ0n) is 12.0.